The zero-order chi connectivity index (χ0) is 24.3. The standard InChI is InChI=1S/C29H24N4O3/c30-21(14-19-6-2-1-3-7-19)18-36-22-16-23(28(31-17-22)26-8-4-12-34-26)20-10-11-25-24(15-20)29(33-32-25)27-9-5-13-35-27/h1-13,15-17,21H,14,18,30H2,(H,32,33)/t21-/m0/s1. The first-order valence-corrected chi connectivity index (χ1v) is 11.7. The maximum atomic E-state index is 6.34. The largest absolute Gasteiger partial charge is 0.490 e. The summed E-state index contributed by atoms with van der Waals surface area (Å²) in [5.74, 6) is 2.02. The topological polar surface area (TPSA) is 103 Å². The van der Waals surface area contributed by atoms with Crippen LogP contribution in [-0.2, 0) is 6.42 Å². The summed E-state index contributed by atoms with van der Waals surface area (Å²) in [7, 11) is 0. The highest BCUT2D eigenvalue weighted by atomic mass is 16.5. The highest BCUT2D eigenvalue weighted by Crippen LogP contribution is 2.36. The molecule has 0 fully saturated rings. The van der Waals surface area contributed by atoms with Gasteiger partial charge in [-0.1, -0.05) is 36.4 Å². The number of hydrogen-bond donors (Lipinski definition) is 2. The van der Waals surface area contributed by atoms with Crippen molar-refractivity contribution in [2.24, 2.45) is 5.73 Å². The molecular weight excluding hydrogens is 452 g/mol. The first-order valence-electron chi connectivity index (χ1n) is 11.7. The van der Waals surface area contributed by atoms with Crippen LogP contribution in [0, 0.1) is 0 Å². The van der Waals surface area contributed by atoms with Crippen molar-refractivity contribution >= 4 is 10.9 Å². The van der Waals surface area contributed by atoms with Crippen LogP contribution in [0.1, 0.15) is 5.56 Å². The fraction of sp³-hybridized carbons (Fsp3) is 0.103. The number of ether oxygens (including phenoxy) is 1. The van der Waals surface area contributed by atoms with Crippen LogP contribution in [0.4, 0.5) is 0 Å². The smallest absolute Gasteiger partial charge is 0.154 e. The number of aromatic nitrogens is 3. The predicted octanol–water partition coefficient (Wildman–Crippen LogP) is 6.09. The Morgan fingerprint density at radius 1 is 0.861 bits per heavy atom. The normalized spacial score (nSPS) is 12.1. The van der Waals surface area contributed by atoms with Gasteiger partial charge in [-0.05, 0) is 60.0 Å². The maximum Gasteiger partial charge on any atom is 0.154 e. The van der Waals surface area contributed by atoms with Gasteiger partial charge in [0.1, 0.15) is 23.7 Å². The first-order chi connectivity index (χ1) is 17.7. The lowest BCUT2D eigenvalue weighted by molar-refractivity contribution is 0.287. The number of furan rings is 2. The van der Waals surface area contributed by atoms with Crippen molar-refractivity contribution in [2.45, 2.75) is 12.5 Å². The van der Waals surface area contributed by atoms with E-state index in [1.165, 1.54) is 5.56 Å². The van der Waals surface area contributed by atoms with Gasteiger partial charge in [0.05, 0.1) is 24.2 Å². The summed E-state index contributed by atoms with van der Waals surface area (Å²) >= 11 is 0. The molecule has 4 aromatic heterocycles. The summed E-state index contributed by atoms with van der Waals surface area (Å²) in [5, 5.41) is 8.48. The average Bonchev–Trinajstić information content (AvgIpc) is 3.69. The third-order valence-electron chi connectivity index (χ3n) is 6.05. The van der Waals surface area contributed by atoms with E-state index in [2.05, 4.69) is 28.4 Å². The number of benzene rings is 2. The van der Waals surface area contributed by atoms with Crippen molar-refractivity contribution < 1.29 is 13.6 Å². The van der Waals surface area contributed by atoms with Crippen LogP contribution in [0.3, 0.4) is 0 Å². The van der Waals surface area contributed by atoms with Gasteiger partial charge in [-0.25, -0.2) is 4.98 Å². The molecule has 0 aliphatic rings. The minimum Gasteiger partial charge on any atom is -0.490 e. The maximum absolute atomic E-state index is 6.34. The molecular formula is C29H24N4O3. The quantitative estimate of drug-likeness (QED) is 0.275. The molecule has 0 bridgehead atoms. The number of nitrogens with zero attached hydrogens (tertiary/aromatic N) is 2. The van der Waals surface area contributed by atoms with Gasteiger partial charge in [0.2, 0.25) is 0 Å². The Morgan fingerprint density at radius 3 is 2.39 bits per heavy atom. The van der Waals surface area contributed by atoms with Crippen molar-refractivity contribution in [1.82, 2.24) is 15.2 Å². The fourth-order valence-electron chi connectivity index (χ4n) is 4.32. The number of nitrogens with one attached hydrogen (secondary N) is 1. The number of hydrogen-bond acceptors (Lipinski definition) is 6. The van der Waals surface area contributed by atoms with Crippen LogP contribution in [0.5, 0.6) is 5.75 Å². The van der Waals surface area contributed by atoms with E-state index >= 15 is 0 Å². The zero-order valence-corrected chi connectivity index (χ0v) is 19.4. The molecule has 6 rings (SSSR count). The number of nitrogens with two attached hydrogens (primary N) is 1. The van der Waals surface area contributed by atoms with Crippen LogP contribution >= 0.6 is 0 Å². The van der Waals surface area contributed by atoms with E-state index in [9.17, 15) is 0 Å². The van der Waals surface area contributed by atoms with Crippen LogP contribution < -0.4 is 10.5 Å². The van der Waals surface area contributed by atoms with Crippen LogP contribution in [0.2, 0.25) is 0 Å². The number of pyridine rings is 1. The summed E-state index contributed by atoms with van der Waals surface area (Å²) < 4.78 is 17.4. The average molecular weight is 477 g/mol. The molecule has 3 N–H and O–H groups in total. The second-order valence-electron chi connectivity index (χ2n) is 8.62. The summed E-state index contributed by atoms with van der Waals surface area (Å²) in [6, 6.07) is 25.6. The van der Waals surface area contributed by atoms with Crippen LogP contribution in [0.15, 0.2) is 106 Å². The van der Waals surface area contributed by atoms with Gasteiger partial charge < -0.3 is 19.3 Å². The molecule has 0 radical (unpaired) electrons. The lowest BCUT2D eigenvalue weighted by Crippen LogP contribution is -2.30. The van der Waals surface area contributed by atoms with E-state index in [0.717, 1.165) is 39.8 Å². The van der Waals surface area contributed by atoms with E-state index in [1.807, 2.05) is 60.7 Å². The van der Waals surface area contributed by atoms with E-state index in [4.69, 9.17) is 24.3 Å². The Labute approximate surface area is 207 Å². The van der Waals surface area contributed by atoms with Crippen molar-refractivity contribution in [2.75, 3.05) is 6.61 Å². The molecule has 0 amide bonds. The third kappa shape index (κ3) is 4.39. The van der Waals surface area contributed by atoms with E-state index in [0.29, 0.717) is 23.9 Å². The summed E-state index contributed by atoms with van der Waals surface area (Å²) in [4.78, 5) is 4.70. The van der Waals surface area contributed by atoms with Gasteiger partial charge >= 0.3 is 0 Å². The fourth-order valence-corrected chi connectivity index (χ4v) is 4.32. The molecule has 6 aromatic rings. The zero-order valence-electron chi connectivity index (χ0n) is 19.4. The van der Waals surface area contributed by atoms with E-state index < -0.39 is 0 Å². The van der Waals surface area contributed by atoms with Gasteiger partial charge in [-0.15, -0.1) is 0 Å². The molecule has 0 saturated heterocycles. The summed E-state index contributed by atoms with van der Waals surface area (Å²) in [6.45, 7) is 0.375. The molecule has 2 aromatic carbocycles. The lowest BCUT2D eigenvalue weighted by Gasteiger charge is -2.15. The van der Waals surface area contributed by atoms with Crippen molar-refractivity contribution in [3.05, 3.63) is 103 Å². The summed E-state index contributed by atoms with van der Waals surface area (Å²) in [5.41, 5.74) is 11.8. The molecule has 4 heterocycles. The highest BCUT2D eigenvalue weighted by molar-refractivity contribution is 5.95. The monoisotopic (exact) mass is 476 g/mol. The second kappa shape index (κ2) is 9.56. The molecule has 0 spiro atoms. The molecule has 1 atom stereocenters. The van der Waals surface area contributed by atoms with Gasteiger partial charge in [-0.2, -0.15) is 5.10 Å². The molecule has 36 heavy (non-hydrogen) atoms. The first kappa shape index (κ1) is 21.9. The molecule has 0 aliphatic carbocycles. The van der Waals surface area contributed by atoms with Crippen LogP contribution in [-0.4, -0.2) is 27.8 Å². The summed E-state index contributed by atoms with van der Waals surface area (Å²) in [6.07, 6.45) is 5.73. The van der Waals surface area contributed by atoms with E-state index in [-0.39, 0.29) is 6.04 Å². The molecule has 7 heteroatoms. The van der Waals surface area contributed by atoms with Crippen molar-refractivity contribution in [3.63, 3.8) is 0 Å². The third-order valence-corrected chi connectivity index (χ3v) is 6.05. The SMILES string of the molecule is N[C@H](COc1cnc(-c2ccco2)c(-c2ccc3[nH]nc(-c4ccco4)c3c2)c1)Cc1ccccc1. The van der Waals surface area contributed by atoms with Gasteiger partial charge in [0.15, 0.2) is 11.5 Å². The minimum atomic E-state index is -0.140. The van der Waals surface area contributed by atoms with E-state index in [1.54, 1.807) is 18.7 Å². The Balaban J connectivity index is 1.33. The van der Waals surface area contributed by atoms with Gasteiger partial charge in [0, 0.05) is 17.0 Å². The predicted molar refractivity (Wildman–Crippen MR) is 138 cm³/mol. The Bertz CT molecular complexity index is 1570. The Morgan fingerprint density at radius 2 is 1.64 bits per heavy atom. The Kier molecular flexibility index (Phi) is 5.81. The number of rotatable bonds is 8. The van der Waals surface area contributed by atoms with Crippen molar-refractivity contribution in [3.8, 4) is 39.8 Å². The molecule has 0 unspecified atom stereocenters. The number of fused-ring (bicyclic) bond motifs is 1. The van der Waals surface area contributed by atoms with Gasteiger partial charge in [0.25, 0.3) is 0 Å². The van der Waals surface area contributed by atoms with Gasteiger partial charge in [-0.3, -0.25) is 5.10 Å². The minimum absolute atomic E-state index is 0.140. The molecule has 178 valence electrons. The van der Waals surface area contributed by atoms with Crippen molar-refractivity contribution in [1.29, 1.82) is 0 Å². The number of aromatic amines is 1. The Hall–Kier alpha value is -4.62. The lowest BCUT2D eigenvalue weighted by atomic mass is 10.00. The second-order valence-corrected chi connectivity index (χ2v) is 8.62. The molecule has 0 aliphatic heterocycles. The molecule has 0 saturated carbocycles. The molecule has 7 nitrogen and oxygen atoms in total. The highest BCUT2D eigenvalue weighted by Gasteiger charge is 2.17. The van der Waals surface area contributed by atoms with Crippen LogP contribution in [0.25, 0.3) is 44.9 Å². The number of H-pyrrole nitrogens is 1.